The van der Waals surface area contributed by atoms with Crippen molar-refractivity contribution < 1.29 is 0 Å². The maximum Gasteiger partial charge on any atom is 0.0446 e. The normalized spacial score (nSPS) is 23.8. The second-order valence-corrected chi connectivity index (χ2v) is 6.50. The molecule has 1 aliphatic heterocycles. The lowest BCUT2D eigenvalue weighted by molar-refractivity contribution is 0.447. The number of thioether (sulfide) groups is 1. The molecule has 0 amide bonds. The minimum atomic E-state index is 0.437. The molecular formula is C14H20ClNS. The Hall–Kier alpha value is -0.180. The van der Waals surface area contributed by atoms with Gasteiger partial charge < -0.3 is 5.32 Å². The zero-order valence-electron chi connectivity index (χ0n) is 10.7. The predicted octanol–water partition coefficient (Wildman–Crippen LogP) is 4.26. The lowest BCUT2D eigenvalue weighted by Crippen LogP contribution is -2.36. The summed E-state index contributed by atoms with van der Waals surface area (Å²) in [5.41, 5.74) is 2.83. The summed E-state index contributed by atoms with van der Waals surface area (Å²) in [6, 6.07) is 6.75. The van der Waals surface area contributed by atoms with Crippen LogP contribution in [0.4, 0.5) is 0 Å². The van der Waals surface area contributed by atoms with E-state index in [4.69, 9.17) is 11.6 Å². The van der Waals surface area contributed by atoms with Crippen LogP contribution in [0.2, 0.25) is 5.02 Å². The molecule has 0 saturated heterocycles. The van der Waals surface area contributed by atoms with Crippen molar-refractivity contribution in [1.29, 1.82) is 0 Å². The number of hydrogen-bond donors (Lipinski definition) is 1. The first-order valence-corrected chi connectivity index (χ1v) is 7.69. The third kappa shape index (κ3) is 2.81. The van der Waals surface area contributed by atoms with Crippen molar-refractivity contribution in [1.82, 2.24) is 5.32 Å². The van der Waals surface area contributed by atoms with Crippen molar-refractivity contribution in [3.05, 3.63) is 34.3 Å². The van der Waals surface area contributed by atoms with Gasteiger partial charge in [0.25, 0.3) is 0 Å². The Bertz CT molecular complexity index is 392. The Morgan fingerprint density at radius 3 is 2.88 bits per heavy atom. The molecule has 2 atom stereocenters. The van der Waals surface area contributed by atoms with Crippen molar-refractivity contribution in [3.8, 4) is 0 Å². The SMILES string of the molecule is CCNC1c2cc(Cl)ccc2CSC1C(C)C. The molecule has 1 aliphatic rings. The van der Waals surface area contributed by atoms with Gasteiger partial charge in [-0.3, -0.25) is 0 Å². The van der Waals surface area contributed by atoms with Crippen molar-refractivity contribution in [2.75, 3.05) is 6.54 Å². The molecule has 2 rings (SSSR count). The molecule has 1 aromatic carbocycles. The molecule has 0 radical (unpaired) electrons. The summed E-state index contributed by atoms with van der Waals surface area (Å²) in [6.45, 7) is 7.77. The average molecular weight is 270 g/mol. The molecule has 0 saturated carbocycles. The highest BCUT2D eigenvalue weighted by atomic mass is 35.5. The Morgan fingerprint density at radius 1 is 1.47 bits per heavy atom. The molecular weight excluding hydrogens is 250 g/mol. The number of rotatable bonds is 3. The second kappa shape index (κ2) is 5.64. The van der Waals surface area contributed by atoms with Crippen LogP contribution in [0.3, 0.4) is 0 Å². The monoisotopic (exact) mass is 269 g/mol. The minimum absolute atomic E-state index is 0.437. The van der Waals surface area contributed by atoms with E-state index in [1.165, 1.54) is 11.1 Å². The molecule has 3 heteroatoms. The van der Waals surface area contributed by atoms with Crippen molar-refractivity contribution >= 4 is 23.4 Å². The van der Waals surface area contributed by atoms with Crippen molar-refractivity contribution in [2.24, 2.45) is 5.92 Å². The molecule has 17 heavy (non-hydrogen) atoms. The summed E-state index contributed by atoms with van der Waals surface area (Å²) in [4.78, 5) is 0. The summed E-state index contributed by atoms with van der Waals surface area (Å²) in [5, 5.41) is 5.11. The van der Waals surface area contributed by atoms with Gasteiger partial charge in [-0.05, 0) is 35.7 Å². The van der Waals surface area contributed by atoms with E-state index in [-0.39, 0.29) is 0 Å². The zero-order valence-corrected chi connectivity index (χ0v) is 12.2. The highest BCUT2D eigenvalue weighted by Crippen LogP contribution is 2.41. The first-order chi connectivity index (χ1) is 8.13. The van der Waals surface area contributed by atoms with Crippen LogP contribution in [0.1, 0.15) is 37.9 Å². The van der Waals surface area contributed by atoms with E-state index in [1.54, 1.807) is 0 Å². The first-order valence-electron chi connectivity index (χ1n) is 6.26. The van der Waals surface area contributed by atoms with Gasteiger partial charge in [0.2, 0.25) is 0 Å². The fourth-order valence-electron chi connectivity index (χ4n) is 2.47. The standard InChI is InChI=1S/C14H20ClNS/c1-4-16-13-12-7-11(15)6-5-10(12)8-17-14(13)9(2)3/h5-7,9,13-14,16H,4,8H2,1-3H3. The Labute approximate surface area is 113 Å². The van der Waals surface area contributed by atoms with Gasteiger partial charge in [0.15, 0.2) is 0 Å². The van der Waals surface area contributed by atoms with Crippen LogP contribution in [-0.2, 0) is 5.75 Å². The summed E-state index contributed by atoms with van der Waals surface area (Å²) >= 11 is 8.20. The molecule has 1 N–H and O–H groups in total. The molecule has 1 heterocycles. The number of fused-ring (bicyclic) bond motifs is 1. The highest BCUT2D eigenvalue weighted by Gasteiger charge is 2.31. The Balaban J connectivity index is 2.37. The van der Waals surface area contributed by atoms with Gasteiger partial charge in [-0.15, -0.1) is 0 Å². The quantitative estimate of drug-likeness (QED) is 0.880. The minimum Gasteiger partial charge on any atom is -0.309 e. The van der Waals surface area contributed by atoms with E-state index in [9.17, 15) is 0 Å². The van der Waals surface area contributed by atoms with Crippen LogP contribution in [0.15, 0.2) is 18.2 Å². The van der Waals surface area contributed by atoms with E-state index < -0.39 is 0 Å². The van der Waals surface area contributed by atoms with Crippen LogP contribution in [0.5, 0.6) is 0 Å². The summed E-state index contributed by atoms with van der Waals surface area (Å²) < 4.78 is 0. The third-order valence-electron chi connectivity index (χ3n) is 3.28. The molecule has 1 aromatic rings. The molecule has 0 spiro atoms. The van der Waals surface area contributed by atoms with Crippen molar-refractivity contribution in [2.45, 2.75) is 37.8 Å². The molecule has 1 nitrogen and oxygen atoms in total. The number of nitrogens with one attached hydrogen (secondary N) is 1. The number of hydrogen-bond acceptors (Lipinski definition) is 2. The van der Waals surface area contributed by atoms with Gasteiger partial charge in [-0.25, -0.2) is 0 Å². The number of halogens is 1. The largest absolute Gasteiger partial charge is 0.309 e. The number of benzene rings is 1. The molecule has 0 bridgehead atoms. The molecule has 2 unspecified atom stereocenters. The van der Waals surface area contributed by atoms with E-state index in [1.807, 2.05) is 6.07 Å². The fourth-order valence-corrected chi connectivity index (χ4v) is 4.10. The van der Waals surface area contributed by atoms with E-state index >= 15 is 0 Å². The molecule has 0 aliphatic carbocycles. The van der Waals surface area contributed by atoms with E-state index in [2.05, 4.69) is 50.0 Å². The Kier molecular flexibility index (Phi) is 4.40. The van der Waals surface area contributed by atoms with Crippen LogP contribution in [0.25, 0.3) is 0 Å². The molecule has 0 aromatic heterocycles. The topological polar surface area (TPSA) is 12.0 Å². The van der Waals surface area contributed by atoms with E-state index in [0.29, 0.717) is 17.2 Å². The van der Waals surface area contributed by atoms with Gasteiger partial charge in [-0.2, -0.15) is 11.8 Å². The third-order valence-corrected chi connectivity index (χ3v) is 5.20. The van der Waals surface area contributed by atoms with Gasteiger partial charge in [0, 0.05) is 22.1 Å². The van der Waals surface area contributed by atoms with Gasteiger partial charge in [0.05, 0.1) is 0 Å². The second-order valence-electron chi connectivity index (χ2n) is 4.90. The maximum atomic E-state index is 6.13. The van der Waals surface area contributed by atoms with Crippen molar-refractivity contribution in [3.63, 3.8) is 0 Å². The predicted molar refractivity (Wildman–Crippen MR) is 77.8 cm³/mol. The average Bonchev–Trinajstić information content (AvgIpc) is 2.29. The summed E-state index contributed by atoms with van der Waals surface area (Å²) in [5.74, 6) is 1.79. The van der Waals surface area contributed by atoms with Gasteiger partial charge >= 0.3 is 0 Å². The van der Waals surface area contributed by atoms with Crippen LogP contribution < -0.4 is 5.32 Å². The Morgan fingerprint density at radius 2 is 2.24 bits per heavy atom. The smallest absolute Gasteiger partial charge is 0.0446 e. The first kappa shape index (κ1) is 13.3. The lowest BCUT2D eigenvalue weighted by atomic mass is 9.92. The maximum absolute atomic E-state index is 6.13. The van der Waals surface area contributed by atoms with Gasteiger partial charge in [0.1, 0.15) is 0 Å². The molecule has 0 fully saturated rings. The van der Waals surface area contributed by atoms with Crippen LogP contribution in [-0.4, -0.2) is 11.8 Å². The summed E-state index contributed by atoms with van der Waals surface area (Å²) in [6.07, 6.45) is 0. The lowest BCUT2D eigenvalue weighted by Gasteiger charge is -2.36. The van der Waals surface area contributed by atoms with Crippen LogP contribution >= 0.6 is 23.4 Å². The summed E-state index contributed by atoms with van der Waals surface area (Å²) in [7, 11) is 0. The van der Waals surface area contributed by atoms with Crippen LogP contribution in [0, 0.1) is 5.92 Å². The molecule has 94 valence electrons. The fraction of sp³-hybridized carbons (Fsp3) is 0.571. The zero-order chi connectivity index (χ0) is 12.4. The van der Waals surface area contributed by atoms with E-state index in [0.717, 1.165) is 17.3 Å². The van der Waals surface area contributed by atoms with Gasteiger partial charge in [-0.1, -0.05) is 38.4 Å². The highest BCUT2D eigenvalue weighted by molar-refractivity contribution is 7.99.